The number of aliphatic imine (C=N–C) groups is 1. The van der Waals surface area contributed by atoms with E-state index in [1.165, 1.54) is 19.3 Å². The lowest BCUT2D eigenvalue weighted by Gasteiger charge is -2.37. The van der Waals surface area contributed by atoms with Gasteiger partial charge in [0.25, 0.3) is 0 Å². The molecule has 0 spiro atoms. The van der Waals surface area contributed by atoms with Crippen LogP contribution in [0.5, 0.6) is 0 Å². The summed E-state index contributed by atoms with van der Waals surface area (Å²) in [6.45, 7) is 4.50. The van der Waals surface area contributed by atoms with Crippen molar-refractivity contribution < 1.29 is 14.3 Å². The number of guanidine groups is 1. The third-order valence-electron chi connectivity index (χ3n) is 5.67. The van der Waals surface area contributed by atoms with E-state index < -0.39 is 0 Å². The van der Waals surface area contributed by atoms with Crippen molar-refractivity contribution in [3.8, 4) is 0 Å². The summed E-state index contributed by atoms with van der Waals surface area (Å²) in [6, 6.07) is 0. The standard InChI is InChI=1S/C19H34N4O3.HI/c1-20-19(22-10-9-21-18(24)15-6-3-2-4-7-15)23-11-13-26-17(14-23)16-8-5-12-25-16;/h15-17H,2-14H2,1H3,(H,20,22)(H,21,24);1H. The van der Waals surface area contributed by atoms with Crippen LogP contribution in [0, 0.1) is 5.92 Å². The molecule has 0 aromatic carbocycles. The van der Waals surface area contributed by atoms with Crippen LogP contribution in [0.25, 0.3) is 0 Å². The summed E-state index contributed by atoms with van der Waals surface area (Å²) in [4.78, 5) is 18.8. The van der Waals surface area contributed by atoms with E-state index in [-0.39, 0.29) is 48.0 Å². The van der Waals surface area contributed by atoms with Crippen LogP contribution in [-0.4, -0.2) is 75.4 Å². The van der Waals surface area contributed by atoms with Crippen LogP contribution in [0.1, 0.15) is 44.9 Å². The number of morpholine rings is 1. The first-order chi connectivity index (χ1) is 12.8. The van der Waals surface area contributed by atoms with Gasteiger partial charge in [0.05, 0.1) is 12.7 Å². The number of carbonyl (C=O) groups excluding carboxylic acids is 1. The van der Waals surface area contributed by atoms with Crippen molar-refractivity contribution >= 4 is 35.8 Å². The molecule has 3 fully saturated rings. The molecule has 27 heavy (non-hydrogen) atoms. The molecule has 0 bridgehead atoms. The fourth-order valence-electron chi connectivity index (χ4n) is 4.19. The Morgan fingerprint density at radius 3 is 2.44 bits per heavy atom. The maximum Gasteiger partial charge on any atom is 0.223 e. The molecule has 7 nitrogen and oxygen atoms in total. The normalized spacial score (nSPS) is 27.1. The molecule has 2 heterocycles. The van der Waals surface area contributed by atoms with E-state index in [4.69, 9.17) is 9.47 Å². The molecular formula is C19H35IN4O3. The van der Waals surface area contributed by atoms with Gasteiger partial charge in [-0.25, -0.2) is 0 Å². The molecule has 2 N–H and O–H groups in total. The zero-order valence-corrected chi connectivity index (χ0v) is 18.8. The SMILES string of the molecule is CN=C(NCCNC(=O)C1CCCCC1)N1CCOC(C2CCCO2)C1.I. The van der Waals surface area contributed by atoms with E-state index in [0.29, 0.717) is 19.7 Å². The van der Waals surface area contributed by atoms with Crippen molar-refractivity contribution in [1.29, 1.82) is 0 Å². The van der Waals surface area contributed by atoms with Crippen LogP contribution in [0.2, 0.25) is 0 Å². The summed E-state index contributed by atoms with van der Waals surface area (Å²) >= 11 is 0. The van der Waals surface area contributed by atoms with Gasteiger partial charge in [-0.2, -0.15) is 0 Å². The second-order valence-electron chi connectivity index (χ2n) is 7.51. The summed E-state index contributed by atoms with van der Waals surface area (Å²) in [5.74, 6) is 1.31. The number of rotatable bonds is 5. The summed E-state index contributed by atoms with van der Waals surface area (Å²) < 4.78 is 11.7. The Morgan fingerprint density at radius 1 is 1.00 bits per heavy atom. The molecule has 0 radical (unpaired) electrons. The molecule has 1 saturated carbocycles. The van der Waals surface area contributed by atoms with Crippen molar-refractivity contribution in [2.24, 2.45) is 10.9 Å². The Kier molecular flexibility index (Phi) is 10.1. The second kappa shape index (κ2) is 12.1. The van der Waals surface area contributed by atoms with Gasteiger partial charge < -0.3 is 25.0 Å². The minimum atomic E-state index is 0. The first kappa shape index (κ1) is 22.7. The minimum Gasteiger partial charge on any atom is -0.375 e. The fourth-order valence-corrected chi connectivity index (χ4v) is 4.19. The first-order valence-corrected chi connectivity index (χ1v) is 10.2. The van der Waals surface area contributed by atoms with E-state index in [1.807, 2.05) is 0 Å². The smallest absolute Gasteiger partial charge is 0.223 e. The van der Waals surface area contributed by atoms with Gasteiger partial charge in [-0.15, -0.1) is 24.0 Å². The van der Waals surface area contributed by atoms with Crippen molar-refractivity contribution in [3.63, 3.8) is 0 Å². The number of nitrogens with zero attached hydrogens (tertiary/aromatic N) is 2. The van der Waals surface area contributed by atoms with E-state index in [0.717, 1.165) is 51.3 Å². The van der Waals surface area contributed by atoms with E-state index in [1.54, 1.807) is 7.05 Å². The Labute approximate surface area is 180 Å². The number of hydrogen-bond acceptors (Lipinski definition) is 4. The van der Waals surface area contributed by atoms with Crippen molar-refractivity contribution in [1.82, 2.24) is 15.5 Å². The minimum absolute atomic E-state index is 0. The largest absolute Gasteiger partial charge is 0.375 e. The lowest BCUT2D eigenvalue weighted by molar-refractivity contribution is -0.125. The van der Waals surface area contributed by atoms with Gasteiger partial charge in [0.15, 0.2) is 5.96 Å². The van der Waals surface area contributed by atoms with Crippen LogP contribution < -0.4 is 10.6 Å². The zero-order valence-electron chi connectivity index (χ0n) is 16.5. The first-order valence-electron chi connectivity index (χ1n) is 10.2. The Morgan fingerprint density at radius 2 is 1.74 bits per heavy atom. The van der Waals surface area contributed by atoms with Crippen molar-refractivity contribution in [3.05, 3.63) is 0 Å². The van der Waals surface area contributed by atoms with Crippen LogP contribution in [0.3, 0.4) is 0 Å². The second-order valence-corrected chi connectivity index (χ2v) is 7.51. The molecule has 3 aliphatic rings. The predicted molar refractivity (Wildman–Crippen MR) is 117 cm³/mol. The van der Waals surface area contributed by atoms with Gasteiger partial charge >= 0.3 is 0 Å². The Bertz CT molecular complexity index is 480. The number of nitrogens with one attached hydrogen (secondary N) is 2. The van der Waals surface area contributed by atoms with Gasteiger partial charge in [-0.1, -0.05) is 19.3 Å². The molecule has 1 amide bonds. The average molecular weight is 494 g/mol. The van der Waals surface area contributed by atoms with Crippen LogP contribution in [0.4, 0.5) is 0 Å². The van der Waals surface area contributed by atoms with Crippen molar-refractivity contribution in [2.75, 3.05) is 46.4 Å². The topological polar surface area (TPSA) is 75.2 Å². The van der Waals surface area contributed by atoms with Crippen LogP contribution in [0.15, 0.2) is 4.99 Å². The molecule has 2 saturated heterocycles. The number of halogens is 1. The number of amides is 1. The molecule has 0 aromatic heterocycles. The maximum absolute atomic E-state index is 12.2. The molecule has 0 aromatic rings. The van der Waals surface area contributed by atoms with Gasteiger partial charge in [0, 0.05) is 45.8 Å². The van der Waals surface area contributed by atoms with E-state index >= 15 is 0 Å². The summed E-state index contributed by atoms with van der Waals surface area (Å²) in [6.07, 6.45) is 8.27. The van der Waals surface area contributed by atoms with Gasteiger partial charge in [-0.3, -0.25) is 9.79 Å². The highest BCUT2D eigenvalue weighted by Gasteiger charge is 2.32. The molecule has 156 valence electrons. The average Bonchev–Trinajstić information content (AvgIpc) is 3.23. The monoisotopic (exact) mass is 494 g/mol. The number of hydrogen-bond donors (Lipinski definition) is 2. The van der Waals surface area contributed by atoms with Crippen LogP contribution in [-0.2, 0) is 14.3 Å². The fraction of sp³-hybridized carbons (Fsp3) is 0.895. The molecule has 2 atom stereocenters. The number of carbonyl (C=O) groups is 1. The van der Waals surface area contributed by atoms with Gasteiger partial charge in [0.2, 0.25) is 5.91 Å². The van der Waals surface area contributed by atoms with Crippen LogP contribution >= 0.6 is 24.0 Å². The van der Waals surface area contributed by atoms with E-state index in [9.17, 15) is 4.79 Å². The van der Waals surface area contributed by atoms with Crippen molar-refractivity contribution in [2.45, 2.75) is 57.2 Å². The highest BCUT2D eigenvalue weighted by Crippen LogP contribution is 2.23. The maximum atomic E-state index is 12.2. The van der Waals surface area contributed by atoms with E-state index in [2.05, 4.69) is 20.5 Å². The highest BCUT2D eigenvalue weighted by molar-refractivity contribution is 14.0. The summed E-state index contributed by atoms with van der Waals surface area (Å²) in [5, 5.41) is 6.44. The highest BCUT2D eigenvalue weighted by atomic mass is 127. The summed E-state index contributed by atoms with van der Waals surface area (Å²) in [5.41, 5.74) is 0. The molecule has 8 heteroatoms. The van der Waals surface area contributed by atoms with Gasteiger partial charge in [0.1, 0.15) is 6.10 Å². The summed E-state index contributed by atoms with van der Waals surface area (Å²) in [7, 11) is 1.81. The third kappa shape index (κ3) is 6.74. The quantitative estimate of drug-likeness (QED) is 0.264. The molecule has 3 rings (SSSR count). The third-order valence-corrected chi connectivity index (χ3v) is 5.67. The molecule has 1 aliphatic carbocycles. The zero-order chi connectivity index (χ0) is 18.2. The Balaban J connectivity index is 0.00000261. The molecule has 2 unspecified atom stereocenters. The van der Waals surface area contributed by atoms with Gasteiger partial charge in [-0.05, 0) is 25.7 Å². The lowest BCUT2D eigenvalue weighted by atomic mass is 9.89. The molecule has 2 aliphatic heterocycles. The molecular weight excluding hydrogens is 459 g/mol. The number of ether oxygens (including phenoxy) is 2. The predicted octanol–water partition coefficient (Wildman–Crippen LogP) is 1.76. The lowest BCUT2D eigenvalue weighted by Crippen LogP contribution is -2.54. The Hall–Kier alpha value is -0.610.